The van der Waals surface area contributed by atoms with E-state index in [4.69, 9.17) is 10.8 Å². The van der Waals surface area contributed by atoms with Gasteiger partial charge in [-0.3, -0.25) is 4.79 Å². The molecule has 0 saturated carbocycles. The van der Waals surface area contributed by atoms with Crippen molar-refractivity contribution in [3.63, 3.8) is 0 Å². The number of hydrogen-bond donors (Lipinski definition) is 2. The summed E-state index contributed by atoms with van der Waals surface area (Å²) in [5.41, 5.74) is 7.84. The number of carboxylic acids is 1. The zero-order chi connectivity index (χ0) is 13.8. The fourth-order valence-corrected chi connectivity index (χ4v) is 1.80. The van der Waals surface area contributed by atoms with Crippen molar-refractivity contribution >= 4 is 11.8 Å². The predicted octanol–water partition coefficient (Wildman–Crippen LogP) is 2.19. The molecule has 0 heterocycles. The number of hydrogen-bond acceptors (Lipinski definition) is 3. The van der Waals surface area contributed by atoms with Crippen molar-refractivity contribution in [1.29, 1.82) is 0 Å². The molecule has 0 aliphatic rings. The van der Waals surface area contributed by atoms with E-state index in [1.54, 1.807) is 30.3 Å². The number of carbonyl (C=O) groups excluding carboxylic acids is 1. The Morgan fingerprint density at radius 1 is 0.947 bits per heavy atom. The van der Waals surface area contributed by atoms with E-state index in [2.05, 4.69) is 0 Å². The van der Waals surface area contributed by atoms with Crippen LogP contribution in [0.4, 0.5) is 0 Å². The summed E-state index contributed by atoms with van der Waals surface area (Å²) in [4.78, 5) is 22.3. The third kappa shape index (κ3) is 2.86. The lowest BCUT2D eigenvalue weighted by atomic mass is 10.0. The van der Waals surface area contributed by atoms with Crippen LogP contribution in [0, 0.1) is 0 Å². The van der Waals surface area contributed by atoms with Crippen LogP contribution in [0.3, 0.4) is 0 Å². The summed E-state index contributed by atoms with van der Waals surface area (Å²) >= 11 is 0. The van der Waals surface area contributed by atoms with Gasteiger partial charge in [-0.1, -0.05) is 30.3 Å². The molecule has 0 bridgehead atoms. The Bertz CT molecular complexity index is 618. The first-order valence-electron chi connectivity index (χ1n) is 5.79. The van der Waals surface area contributed by atoms with Gasteiger partial charge in [0, 0.05) is 5.56 Å². The molecule has 0 amide bonds. The van der Waals surface area contributed by atoms with Gasteiger partial charge in [0.25, 0.3) is 0 Å². The van der Waals surface area contributed by atoms with Crippen molar-refractivity contribution in [2.45, 2.75) is 0 Å². The van der Waals surface area contributed by atoms with Crippen LogP contribution in [0.5, 0.6) is 0 Å². The second-order valence-electron chi connectivity index (χ2n) is 4.09. The van der Waals surface area contributed by atoms with Crippen molar-refractivity contribution in [3.05, 3.63) is 59.7 Å². The molecule has 2 aromatic carbocycles. The number of nitrogens with two attached hydrogens (primary N) is 1. The highest BCUT2D eigenvalue weighted by Crippen LogP contribution is 2.21. The Labute approximate surface area is 110 Å². The minimum atomic E-state index is -0.960. The molecule has 19 heavy (non-hydrogen) atoms. The number of carbonyl (C=O) groups is 2. The number of carboxylic acid groups (broad SMARTS) is 1. The Morgan fingerprint density at radius 2 is 1.63 bits per heavy atom. The standard InChI is InChI=1S/C15H13NO3/c16-9-14(17)13-3-1-2-12(8-13)10-4-6-11(7-5-10)15(18)19/h1-8H,9,16H2,(H,18,19). The highest BCUT2D eigenvalue weighted by atomic mass is 16.4. The minimum Gasteiger partial charge on any atom is -0.478 e. The van der Waals surface area contributed by atoms with E-state index in [1.807, 2.05) is 6.07 Å². The van der Waals surface area contributed by atoms with Gasteiger partial charge < -0.3 is 10.8 Å². The number of aromatic carboxylic acids is 1. The molecule has 96 valence electrons. The molecule has 0 unspecified atom stereocenters. The summed E-state index contributed by atoms with van der Waals surface area (Å²) in [6.07, 6.45) is 0. The largest absolute Gasteiger partial charge is 0.478 e. The van der Waals surface area contributed by atoms with Gasteiger partial charge in [-0.25, -0.2) is 4.79 Å². The van der Waals surface area contributed by atoms with Gasteiger partial charge in [-0.15, -0.1) is 0 Å². The van der Waals surface area contributed by atoms with Gasteiger partial charge in [0.2, 0.25) is 0 Å². The number of ketones is 1. The van der Waals surface area contributed by atoms with E-state index in [0.717, 1.165) is 11.1 Å². The Morgan fingerprint density at radius 3 is 2.21 bits per heavy atom. The Kier molecular flexibility index (Phi) is 3.73. The van der Waals surface area contributed by atoms with Crippen molar-refractivity contribution in [2.24, 2.45) is 5.73 Å². The summed E-state index contributed by atoms with van der Waals surface area (Å²) in [5.74, 6) is -1.08. The molecule has 0 radical (unpaired) electrons. The molecule has 0 atom stereocenters. The summed E-state index contributed by atoms with van der Waals surface area (Å²) in [7, 11) is 0. The number of rotatable bonds is 4. The maximum Gasteiger partial charge on any atom is 0.335 e. The highest BCUT2D eigenvalue weighted by Gasteiger charge is 2.06. The van der Waals surface area contributed by atoms with E-state index in [1.165, 1.54) is 12.1 Å². The number of Topliss-reactive ketones (excluding diaryl/α,β-unsaturated/α-hetero) is 1. The lowest BCUT2D eigenvalue weighted by Gasteiger charge is -2.05. The minimum absolute atomic E-state index is 0.0264. The average molecular weight is 255 g/mol. The van der Waals surface area contributed by atoms with Gasteiger partial charge in [0.05, 0.1) is 12.1 Å². The van der Waals surface area contributed by atoms with E-state index in [9.17, 15) is 9.59 Å². The third-order valence-electron chi connectivity index (χ3n) is 2.84. The molecule has 4 heteroatoms. The molecule has 0 aromatic heterocycles. The van der Waals surface area contributed by atoms with Crippen LogP contribution in [0.2, 0.25) is 0 Å². The molecule has 0 aliphatic carbocycles. The van der Waals surface area contributed by atoms with E-state index in [-0.39, 0.29) is 17.9 Å². The summed E-state index contributed by atoms with van der Waals surface area (Å²) in [5, 5.41) is 8.84. The summed E-state index contributed by atoms with van der Waals surface area (Å²) in [6, 6.07) is 13.6. The molecule has 0 fully saturated rings. The molecule has 2 aromatic rings. The van der Waals surface area contributed by atoms with Crippen LogP contribution in [0.1, 0.15) is 20.7 Å². The SMILES string of the molecule is NCC(=O)c1cccc(-c2ccc(C(=O)O)cc2)c1. The quantitative estimate of drug-likeness (QED) is 0.821. The highest BCUT2D eigenvalue weighted by molar-refractivity contribution is 5.98. The molecular formula is C15H13NO3. The predicted molar refractivity (Wildman–Crippen MR) is 72.2 cm³/mol. The number of benzene rings is 2. The fourth-order valence-electron chi connectivity index (χ4n) is 1.80. The first-order chi connectivity index (χ1) is 9.11. The second kappa shape index (κ2) is 5.46. The molecule has 2 rings (SSSR count). The van der Waals surface area contributed by atoms with Crippen LogP contribution in [0.25, 0.3) is 11.1 Å². The van der Waals surface area contributed by atoms with Gasteiger partial charge in [-0.05, 0) is 29.3 Å². The monoisotopic (exact) mass is 255 g/mol. The van der Waals surface area contributed by atoms with Crippen molar-refractivity contribution in [3.8, 4) is 11.1 Å². The third-order valence-corrected chi connectivity index (χ3v) is 2.84. The van der Waals surface area contributed by atoms with Gasteiger partial charge in [-0.2, -0.15) is 0 Å². The normalized spacial score (nSPS) is 10.2. The van der Waals surface area contributed by atoms with Crippen LogP contribution < -0.4 is 5.73 Å². The smallest absolute Gasteiger partial charge is 0.335 e. The average Bonchev–Trinajstić information content (AvgIpc) is 2.46. The van der Waals surface area contributed by atoms with E-state index < -0.39 is 5.97 Å². The van der Waals surface area contributed by atoms with Crippen LogP contribution in [-0.4, -0.2) is 23.4 Å². The molecular weight excluding hydrogens is 242 g/mol. The first kappa shape index (κ1) is 13.0. The zero-order valence-corrected chi connectivity index (χ0v) is 10.2. The molecule has 0 spiro atoms. The molecule has 0 saturated heterocycles. The second-order valence-corrected chi connectivity index (χ2v) is 4.09. The molecule has 3 N–H and O–H groups in total. The van der Waals surface area contributed by atoms with Crippen LogP contribution in [-0.2, 0) is 0 Å². The summed E-state index contributed by atoms with van der Waals surface area (Å²) < 4.78 is 0. The van der Waals surface area contributed by atoms with E-state index >= 15 is 0 Å². The molecule has 4 nitrogen and oxygen atoms in total. The van der Waals surface area contributed by atoms with Crippen molar-refractivity contribution in [2.75, 3.05) is 6.54 Å². The van der Waals surface area contributed by atoms with Crippen molar-refractivity contribution < 1.29 is 14.7 Å². The van der Waals surface area contributed by atoms with Gasteiger partial charge in [0.1, 0.15) is 0 Å². The lowest BCUT2D eigenvalue weighted by molar-refractivity contribution is 0.0696. The summed E-state index contributed by atoms with van der Waals surface area (Å²) in [6.45, 7) is -0.0264. The van der Waals surface area contributed by atoms with Crippen LogP contribution >= 0.6 is 0 Å². The first-order valence-corrected chi connectivity index (χ1v) is 5.79. The maximum absolute atomic E-state index is 11.5. The maximum atomic E-state index is 11.5. The van der Waals surface area contributed by atoms with E-state index in [0.29, 0.717) is 5.56 Å². The fraction of sp³-hybridized carbons (Fsp3) is 0.0667. The topological polar surface area (TPSA) is 80.4 Å². The zero-order valence-electron chi connectivity index (χ0n) is 10.2. The molecule has 0 aliphatic heterocycles. The van der Waals surface area contributed by atoms with Crippen LogP contribution in [0.15, 0.2) is 48.5 Å². The van der Waals surface area contributed by atoms with Gasteiger partial charge in [0.15, 0.2) is 5.78 Å². The lowest BCUT2D eigenvalue weighted by Crippen LogP contribution is -2.13. The Hall–Kier alpha value is -2.46. The van der Waals surface area contributed by atoms with Gasteiger partial charge >= 0.3 is 5.97 Å². The Balaban J connectivity index is 2.36. The van der Waals surface area contributed by atoms with Crippen molar-refractivity contribution in [1.82, 2.24) is 0 Å².